The third kappa shape index (κ3) is 5.01. The summed E-state index contributed by atoms with van der Waals surface area (Å²) in [6.07, 6.45) is 0.564. The van der Waals surface area contributed by atoms with E-state index < -0.39 is 11.0 Å². The quantitative estimate of drug-likeness (QED) is 0.234. The molecule has 32 heavy (non-hydrogen) atoms. The molecule has 0 spiro atoms. The number of nitro benzene ring substituents is 1. The number of aromatic nitrogens is 3. The van der Waals surface area contributed by atoms with Crippen LogP contribution in [0.1, 0.15) is 23.0 Å². The lowest BCUT2D eigenvalue weighted by Crippen LogP contribution is -2.19. The molecule has 7 nitrogen and oxygen atoms in total. The first kappa shape index (κ1) is 21.7. The molecule has 9 heteroatoms. The summed E-state index contributed by atoms with van der Waals surface area (Å²) in [6.45, 7) is 0. The summed E-state index contributed by atoms with van der Waals surface area (Å²) in [5, 5.41) is 20.3. The number of hydrogen-bond donors (Lipinski definition) is 1. The molecule has 162 valence electrons. The molecular formula is C23H20FN5O2S. The van der Waals surface area contributed by atoms with E-state index in [1.165, 1.54) is 36.0 Å². The van der Waals surface area contributed by atoms with Gasteiger partial charge in [-0.25, -0.2) is 4.39 Å². The van der Waals surface area contributed by atoms with Crippen molar-refractivity contribution in [1.82, 2.24) is 14.8 Å². The molecule has 2 N–H and O–H groups in total. The monoisotopic (exact) mass is 449 g/mol. The molecule has 0 aliphatic heterocycles. The lowest BCUT2D eigenvalue weighted by Gasteiger charge is -2.15. The highest BCUT2D eigenvalue weighted by molar-refractivity contribution is 7.98. The SMILES string of the molecule is NC(Cc1ccccc1)c1nnc(SCc2ccc(F)cc2)n1-c1ccc([N+](=O)[O-])cc1. The number of nitrogens with two attached hydrogens (primary N) is 1. The second-order valence-electron chi connectivity index (χ2n) is 7.16. The van der Waals surface area contributed by atoms with Crippen LogP contribution < -0.4 is 5.73 Å². The molecule has 1 heterocycles. The molecule has 1 aromatic heterocycles. The number of rotatable bonds is 8. The van der Waals surface area contributed by atoms with Crippen LogP contribution in [0.25, 0.3) is 5.69 Å². The maximum absolute atomic E-state index is 13.2. The van der Waals surface area contributed by atoms with E-state index in [9.17, 15) is 14.5 Å². The Morgan fingerprint density at radius 3 is 2.31 bits per heavy atom. The van der Waals surface area contributed by atoms with Crippen LogP contribution in [-0.2, 0) is 12.2 Å². The van der Waals surface area contributed by atoms with E-state index in [1.54, 1.807) is 24.3 Å². The van der Waals surface area contributed by atoms with Crippen LogP contribution in [0.5, 0.6) is 0 Å². The molecule has 0 aliphatic rings. The average Bonchev–Trinajstić information content (AvgIpc) is 3.23. The zero-order valence-corrected chi connectivity index (χ0v) is 17.8. The first-order chi connectivity index (χ1) is 15.5. The van der Waals surface area contributed by atoms with E-state index in [0.29, 0.717) is 28.8 Å². The fraction of sp³-hybridized carbons (Fsp3) is 0.130. The van der Waals surface area contributed by atoms with Gasteiger partial charge < -0.3 is 5.73 Å². The van der Waals surface area contributed by atoms with Gasteiger partial charge in [-0.15, -0.1) is 10.2 Å². The Labute approximate surface area is 188 Å². The largest absolute Gasteiger partial charge is 0.321 e. The lowest BCUT2D eigenvalue weighted by molar-refractivity contribution is -0.384. The van der Waals surface area contributed by atoms with Crippen molar-refractivity contribution in [3.05, 3.63) is 112 Å². The van der Waals surface area contributed by atoms with Crippen LogP contribution >= 0.6 is 11.8 Å². The highest BCUT2D eigenvalue weighted by atomic mass is 32.2. The summed E-state index contributed by atoms with van der Waals surface area (Å²) in [6, 6.07) is 21.9. The van der Waals surface area contributed by atoms with Crippen molar-refractivity contribution < 1.29 is 9.31 Å². The van der Waals surface area contributed by atoms with E-state index >= 15 is 0 Å². The minimum atomic E-state index is -0.442. The Morgan fingerprint density at radius 1 is 0.969 bits per heavy atom. The number of benzene rings is 3. The van der Waals surface area contributed by atoms with E-state index in [2.05, 4.69) is 10.2 Å². The van der Waals surface area contributed by atoms with Gasteiger partial charge in [-0.1, -0.05) is 54.2 Å². The van der Waals surface area contributed by atoms with Gasteiger partial charge in [0, 0.05) is 23.6 Å². The fourth-order valence-corrected chi connectivity index (χ4v) is 4.18. The number of thioether (sulfide) groups is 1. The zero-order valence-electron chi connectivity index (χ0n) is 17.0. The highest BCUT2D eigenvalue weighted by Crippen LogP contribution is 2.29. The Morgan fingerprint density at radius 2 is 1.66 bits per heavy atom. The molecule has 4 aromatic rings. The number of hydrogen-bond acceptors (Lipinski definition) is 6. The van der Waals surface area contributed by atoms with Gasteiger partial charge in [0.15, 0.2) is 11.0 Å². The second kappa shape index (κ2) is 9.71. The summed E-state index contributed by atoms with van der Waals surface area (Å²) in [4.78, 5) is 10.6. The van der Waals surface area contributed by atoms with Crippen molar-refractivity contribution in [3.63, 3.8) is 0 Å². The van der Waals surface area contributed by atoms with Crippen LogP contribution in [0.15, 0.2) is 84.0 Å². The van der Waals surface area contributed by atoms with Gasteiger partial charge in [0.2, 0.25) is 0 Å². The molecule has 1 atom stereocenters. The van der Waals surface area contributed by atoms with Crippen LogP contribution in [0, 0.1) is 15.9 Å². The first-order valence-corrected chi connectivity index (χ1v) is 10.9. The van der Waals surface area contributed by atoms with E-state index in [-0.39, 0.29) is 11.5 Å². The molecule has 0 amide bonds. The van der Waals surface area contributed by atoms with E-state index in [1.807, 2.05) is 34.9 Å². The third-order valence-electron chi connectivity index (χ3n) is 4.89. The molecule has 0 saturated carbocycles. The molecule has 0 aliphatic carbocycles. The molecule has 0 saturated heterocycles. The van der Waals surface area contributed by atoms with Crippen LogP contribution in [-0.4, -0.2) is 19.7 Å². The van der Waals surface area contributed by atoms with Crippen LogP contribution in [0.4, 0.5) is 10.1 Å². The van der Waals surface area contributed by atoms with Gasteiger partial charge in [-0.3, -0.25) is 14.7 Å². The van der Waals surface area contributed by atoms with Gasteiger partial charge in [0.25, 0.3) is 5.69 Å². The van der Waals surface area contributed by atoms with Gasteiger partial charge in [-0.05, 0) is 41.8 Å². The highest BCUT2D eigenvalue weighted by Gasteiger charge is 2.21. The predicted octanol–water partition coefficient (Wildman–Crippen LogP) is 4.85. The van der Waals surface area contributed by atoms with Crippen molar-refractivity contribution >= 4 is 17.4 Å². The summed E-state index contributed by atoms with van der Waals surface area (Å²) in [7, 11) is 0. The molecule has 1 unspecified atom stereocenters. The molecular weight excluding hydrogens is 429 g/mol. The lowest BCUT2D eigenvalue weighted by atomic mass is 10.1. The third-order valence-corrected chi connectivity index (χ3v) is 5.89. The molecule has 4 rings (SSSR count). The first-order valence-electron chi connectivity index (χ1n) is 9.88. The van der Waals surface area contributed by atoms with Crippen LogP contribution in [0.2, 0.25) is 0 Å². The Hall–Kier alpha value is -3.56. The number of halogens is 1. The number of nitro groups is 1. The van der Waals surface area contributed by atoms with Gasteiger partial charge in [-0.2, -0.15) is 0 Å². The Balaban J connectivity index is 1.66. The smallest absolute Gasteiger partial charge is 0.269 e. The fourth-order valence-electron chi connectivity index (χ4n) is 3.27. The van der Waals surface area contributed by atoms with Gasteiger partial charge in [0.1, 0.15) is 5.82 Å². The number of non-ortho nitro benzene ring substituents is 1. The average molecular weight is 450 g/mol. The second-order valence-corrected chi connectivity index (χ2v) is 8.10. The van der Waals surface area contributed by atoms with Gasteiger partial charge >= 0.3 is 0 Å². The van der Waals surface area contributed by atoms with Crippen molar-refractivity contribution in [2.75, 3.05) is 0 Å². The van der Waals surface area contributed by atoms with E-state index in [0.717, 1.165) is 11.1 Å². The summed E-state index contributed by atoms with van der Waals surface area (Å²) in [5.74, 6) is 0.825. The maximum Gasteiger partial charge on any atom is 0.269 e. The molecule has 3 aromatic carbocycles. The van der Waals surface area contributed by atoms with Crippen molar-refractivity contribution in [2.45, 2.75) is 23.4 Å². The molecule has 0 bridgehead atoms. The Bertz CT molecular complexity index is 1200. The standard InChI is InChI=1S/C23H20FN5O2S/c24-18-8-6-17(7-9-18)15-32-23-27-26-22(21(25)14-16-4-2-1-3-5-16)28(23)19-10-12-20(13-11-19)29(30)31/h1-13,21H,14-15,25H2. The van der Waals surface area contributed by atoms with Gasteiger partial charge in [0.05, 0.1) is 11.0 Å². The zero-order chi connectivity index (χ0) is 22.5. The van der Waals surface area contributed by atoms with Crippen LogP contribution in [0.3, 0.4) is 0 Å². The number of nitrogens with zero attached hydrogens (tertiary/aromatic N) is 4. The summed E-state index contributed by atoms with van der Waals surface area (Å²) < 4.78 is 15.0. The van der Waals surface area contributed by atoms with E-state index in [4.69, 9.17) is 5.73 Å². The predicted molar refractivity (Wildman–Crippen MR) is 121 cm³/mol. The van der Waals surface area contributed by atoms with Crippen molar-refractivity contribution in [3.8, 4) is 5.69 Å². The maximum atomic E-state index is 13.2. The van der Waals surface area contributed by atoms with Crippen molar-refractivity contribution in [1.29, 1.82) is 0 Å². The molecule has 0 radical (unpaired) electrons. The molecule has 0 fully saturated rings. The summed E-state index contributed by atoms with van der Waals surface area (Å²) >= 11 is 1.43. The summed E-state index contributed by atoms with van der Waals surface area (Å²) in [5.41, 5.74) is 9.18. The topological polar surface area (TPSA) is 99.9 Å². The Kier molecular flexibility index (Phi) is 6.58. The van der Waals surface area contributed by atoms with Crippen molar-refractivity contribution in [2.24, 2.45) is 5.73 Å². The minimum Gasteiger partial charge on any atom is -0.321 e. The normalized spacial score (nSPS) is 11.9. The minimum absolute atomic E-state index is 0.00234.